The van der Waals surface area contributed by atoms with Crippen molar-refractivity contribution in [2.45, 2.75) is 70.1 Å². The van der Waals surface area contributed by atoms with E-state index in [9.17, 15) is 0 Å². The summed E-state index contributed by atoms with van der Waals surface area (Å²) in [7, 11) is 0. The van der Waals surface area contributed by atoms with Gasteiger partial charge in [0, 0.05) is 27.5 Å². The first-order valence-electron chi connectivity index (χ1n) is 20.7. The second-order valence-corrected chi connectivity index (χ2v) is 17.7. The lowest BCUT2D eigenvalue weighted by Crippen LogP contribution is -2.23. The van der Waals surface area contributed by atoms with Gasteiger partial charge in [-0.2, -0.15) is 0 Å². The van der Waals surface area contributed by atoms with Gasteiger partial charge in [0.1, 0.15) is 0 Å². The van der Waals surface area contributed by atoms with Gasteiger partial charge in [0.25, 0.3) is 0 Å². The van der Waals surface area contributed by atoms with Crippen LogP contribution in [0.2, 0.25) is 0 Å². The summed E-state index contributed by atoms with van der Waals surface area (Å²) in [5, 5.41) is 0. The third-order valence-corrected chi connectivity index (χ3v) is 13.6. The smallest absolute Gasteiger partial charge is 0.160 e. The minimum absolute atomic E-state index is 0.0521. The second kappa shape index (κ2) is 12.7. The average molecular weight is 735 g/mol. The zero-order valence-corrected chi connectivity index (χ0v) is 33.2. The van der Waals surface area contributed by atoms with E-state index in [1.165, 1.54) is 61.2 Å². The number of nitrogens with zero attached hydrogens (tertiary/aromatic N) is 2. The van der Waals surface area contributed by atoms with Gasteiger partial charge in [0.15, 0.2) is 5.82 Å². The lowest BCUT2D eigenvalue weighted by Gasteiger charge is -2.35. The van der Waals surface area contributed by atoms with Crippen LogP contribution in [0.3, 0.4) is 0 Å². The first-order valence-corrected chi connectivity index (χ1v) is 20.7. The monoisotopic (exact) mass is 734 g/mol. The highest BCUT2D eigenvalue weighted by atomic mass is 14.9. The minimum atomic E-state index is -0.168. The molecule has 2 heteroatoms. The van der Waals surface area contributed by atoms with E-state index in [1.54, 1.807) is 11.1 Å². The molecule has 6 aromatic carbocycles. The fourth-order valence-electron chi connectivity index (χ4n) is 10.7. The van der Waals surface area contributed by atoms with Crippen molar-refractivity contribution < 1.29 is 0 Å². The van der Waals surface area contributed by atoms with Crippen LogP contribution in [0.5, 0.6) is 0 Å². The lowest BCUT2D eigenvalue weighted by atomic mass is 9.69. The van der Waals surface area contributed by atoms with Crippen LogP contribution in [0.4, 0.5) is 0 Å². The van der Waals surface area contributed by atoms with E-state index in [-0.39, 0.29) is 10.8 Å². The summed E-state index contributed by atoms with van der Waals surface area (Å²) >= 11 is 0. The Morgan fingerprint density at radius 3 is 1.91 bits per heavy atom. The van der Waals surface area contributed by atoms with Gasteiger partial charge in [-0.05, 0) is 129 Å². The molecule has 0 amide bonds. The molecule has 276 valence electrons. The van der Waals surface area contributed by atoms with E-state index >= 15 is 0 Å². The summed E-state index contributed by atoms with van der Waals surface area (Å²) in [6.07, 6.45) is 9.20. The van der Waals surface area contributed by atoms with Gasteiger partial charge in [0.2, 0.25) is 0 Å². The highest BCUT2D eigenvalue weighted by Gasteiger charge is 2.42. The van der Waals surface area contributed by atoms with E-state index in [2.05, 4.69) is 179 Å². The number of aromatic nitrogens is 2. The molecule has 0 saturated carbocycles. The molecule has 1 aromatic heterocycles. The summed E-state index contributed by atoms with van der Waals surface area (Å²) in [6, 6.07) is 51.4. The van der Waals surface area contributed by atoms with Crippen molar-refractivity contribution in [2.24, 2.45) is 0 Å². The van der Waals surface area contributed by atoms with Crippen LogP contribution in [0.1, 0.15) is 85.4 Å². The topological polar surface area (TPSA) is 25.8 Å². The Kier molecular flexibility index (Phi) is 7.61. The zero-order valence-electron chi connectivity index (χ0n) is 33.2. The second-order valence-electron chi connectivity index (χ2n) is 17.7. The Bertz CT molecular complexity index is 2780. The van der Waals surface area contributed by atoms with Crippen LogP contribution in [0, 0.1) is 0 Å². The molecule has 4 aliphatic rings. The summed E-state index contributed by atoms with van der Waals surface area (Å²) < 4.78 is 0. The van der Waals surface area contributed by atoms with Crippen molar-refractivity contribution in [1.82, 2.24) is 9.97 Å². The fourth-order valence-corrected chi connectivity index (χ4v) is 10.7. The summed E-state index contributed by atoms with van der Waals surface area (Å²) in [6.45, 7) is 9.80. The van der Waals surface area contributed by atoms with Crippen molar-refractivity contribution >= 4 is 5.57 Å². The third-order valence-electron chi connectivity index (χ3n) is 13.6. The quantitative estimate of drug-likeness (QED) is 0.180. The van der Waals surface area contributed by atoms with Crippen molar-refractivity contribution in [3.05, 3.63) is 196 Å². The molecule has 0 fully saturated rings. The van der Waals surface area contributed by atoms with Crippen molar-refractivity contribution in [3.8, 4) is 56.2 Å². The number of hydrogen-bond donors (Lipinski definition) is 0. The van der Waals surface area contributed by atoms with E-state index in [4.69, 9.17) is 9.97 Å². The largest absolute Gasteiger partial charge is 0.228 e. The maximum absolute atomic E-state index is 5.20. The summed E-state index contributed by atoms with van der Waals surface area (Å²) in [5.41, 5.74) is 23.6. The zero-order chi connectivity index (χ0) is 38.5. The van der Waals surface area contributed by atoms with Gasteiger partial charge in [0.05, 0.1) is 11.4 Å². The maximum Gasteiger partial charge on any atom is 0.160 e. The molecule has 2 nitrogen and oxygen atoms in total. The fraction of sp³-hybridized carbons (Fsp3) is 0.200. The van der Waals surface area contributed by atoms with Gasteiger partial charge in [-0.25, -0.2) is 9.97 Å². The van der Waals surface area contributed by atoms with E-state index < -0.39 is 0 Å². The summed E-state index contributed by atoms with van der Waals surface area (Å²) in [5.74, 6) is 1.15. The SMILES string of the molecule is CC1(C)C2=C(C=CCC2)c2cc3c(cc21)CC1Cc2ccccc2C(C)(C)c2cc(-c4cccc(-c5nc(-c6ccccc6)cc(-c6ccccc6)n5)c4)cc-3c21. The molecule has 0 radical (unpaired) electrons. The molecule has 1 atom stereocenters. The standard InChI is InChI=1S/C55H46N2/c1-54(2)46-24-13-11-20-37(46)27-41-28-40-31-48-44(42-23-12-14-25-47(42)55(48,3)4)32-43(40)45-29-39(30-49(54)52(41)45)36-21-15-22-38(26-36)53-56-50(34-16-7-5-8-17-34)33-51(57-53)35-18-9-6-10-19-35/h5-13,15-24,26,29-33,41H,14,25,27-28H2,1-4H3. The molecule has 7 aromatic rings. The maximum atomic E-state index is 5.20. The van der Waals surface area contributed by atoms with E-state index in [1.807, 2.05) is 0 Å². The van der Waals surface area contributed by atoms with Crippen LogP contribution < -0.4 is 0 Å². The number of fused-ring (bicyclic) bond motifs is 5. The van der Waals surface area contributed by atoms with Crippen molar-refractivity contribution in [3.63, 3.8) is 0 Å². The predicted octanol–water partition coefficient (Wildman–Crippen LogP) is 13.7. The number of benzene rings is 6. The molecule has 11 rings (SSSR count). The van der Waals surface area contributed by atoms with Crippen LogP contribution >= 0.6 is 0 Å². The predicted molar refractivity (Wildman–Crippen MR) is 236 cm³/mol. The molecular formula is C55H46N2. The minimum Gasteiger partial charge on any atom is -0.228 e. The Hall–Kier alpha value is -6.12. The molecule has 57 heavy (non-hydrogen) atoms. The molecule has 0 aliphatic heterocycles. The van der Waals surface area contributed by atoms with E-state index in [0.29, 0.717) is 5.92 Å². The van der Waals surface area contributed by atoms with E-state index in [0.717, 1.165) is 59.6 Å². The van der Waals surface area contributed by atoms with Gasteiger partial charge in [-0.3, -0.25) is 0 Å². The molecule has 1 unspecified atom stereocenters. The molecule has 1 heterocycles. The van der Waals surface area contributed by atoms with Crippen molar-refractivity contribution in [2.75, 3.05) is 0 Å². The Morgan fingerprint density at radius 1 is 0.491 bits per heavy atom. The molecule has 0 saturated heterocycles. The molecule has 4 aliphatic carbocycles. The number of rotatable bonds is 4. The number of allylic oxidation sites excluding steroid dienone is 4. The van der Waals surface area contributed by atoms with Crippen LogP contribution in [0.25, 0.3) is 61.7 Å². The van der Waals surface area contributed by atoms with Gasteiger partial charge in [-0.15, -0.1) is 0 Å². The average Bonchev–Trinajstić information content (AvgIpc) is 3.42. The first-order chi connectivity index (χ1) is 27.7. The van der Waals surface area contributed by atoms with Gasteiger partial charge >= 0.3 is 0 Å². The lowest BCUT2D eigenvalue weighted by molar-refractivity contribution is 0.604. The molecule has 0 N–H and O–H groups in total. The molecular weight excluding hydrogens is 689 g/mol. The van der Waals surface area contributed by atoms with Gasteiger partial charge < -0.3 is 0 Å². The molecule has 0 spiro atoms. The highest BCUT2D eigenvalue weighted by molar-refractivity contribution is 5.92. The first kappa shape index (κ1) is 34.2. The molecule has 0 bridgehead atoms. The Morgan fingerprint density at radius 2 is 1.16 bits per heavy atom. The van der Waals surface area contributed by atoms with Crippen LogP contribution in [0.15, 0.2) is 157 Å². The summed E-state index contributed by atoms with van der Waals surface area (Å²) in [4.78, 5) is 10.4. The van der Waals surface area contributed by atoms with Crippen molar-refractivity contribution in [1.29, 1.82) is 0 Å². The number of hydrogen-bond acceptors (Lipinski definition) is 2. The Balaban J connectivity index is 1.12. The third kappa shape index (κ3) is 5.37. The van der Waals surface area contributed by atoms with Gasteiger partial charge in [-0.1, -0.05) is 155 Å². The normalized spacial score (nSPS) is 17.9. The highest BCUT2D eigenvalue weighted by Crippen LogP contribution is 2.56. The Labute approximate surface area is 336 Å². The van der Waals surface area contributed by atoms with Crippen LogP contribution in [-0.2, 0) is 23.7 Å². The van der Waals surface area contributed by atoms with Crippen LogP contribution in [-0.4, -0.2) is 9.97 Å².